The first-order valence-electron chi connectivity index (χ1n) is 8.54. The van der Waals surface area contributed by atoms with Gasteiger partial charge in [0.2, 0.25) is 5.43 Å². The molecular formula is C21H18N2O5. The number of aromatic nitrogens is 1. The van der Waals surface area contributed by atoms with Crippen LogP contribution in [0.25, 0.3) is 17.0 Å². The van der Waals surface area contributed by atoms with Crippen molar-refractivity contribution in [3.63, 3.8) is 0 Å². The molecule has 3 rings (SSSR count). The van der Waals surface area contributed by atoms with E-state index in [1.54, 1.807) is 30.4 Å². The van der Waals surface area contributed by atoms with Crippen molar-refractivity contribution in [2.75, 3.05) is 6.54 Å². The third kappa shape index (κ3) is 4.64. The van der Waals surface area contributed by atoms with E-state index < -0.39 is 17.5 Å². The van der Waals surface area contributed by atoms with E-state index in [1.807, 2.05) is 30.3 Å². The summed E-state index contributed by atoms with van der Waals surface area (Å²) in [5.41, 5.74) is 1.41. The molecule has 0 atom stereocenters. The molecule has 2 aromatic carbocycles. The van der Waals surface area contributed by atoms with Gasteiger partial charge in [0.1, 0.15) is 12.2 Å². The molecule has 0 aliphatic heterocycles. The first kappa shape index (κ1) is 18.9. The molecule has 142 valence electrons. The van der Waals surface area contributed by atoms with Crippen LogP contribution < -0.4 is 10.7 Å². The normalized spacial score (nSPS) is 10.9. The standard InChI is InChI=1S/C21H18N2O5/c24-19-16-9-8-14(11-18(16)23-12-17(19)20(25)26)7-4-10-22-21(27)28-13-15-5-2-1-3-6-15/h1-9,11-12H,10,13H2,(H,22,27)(H,23,24)(H,25,26). The Labute approximate surface area is 160 Å². The van der Waals surface area contributed by atoms with Gasteiger partial charge in [0, 0.05) is 23.6 Å². The van der Waals surface area contributed by atoms with Gasteiger partial charge in [-0.15, -0.1) is 0 Å². The van der Waals surface area contributed by atoms with Gasteiger partial charge in [-0.05, 0) is 23.3 Å². The number of carboxylic acids is 1. The Morgan fingerprint density at radius 3 is 2.68 bits per heavy atom. The fourth-order valence-electron chi connectivity index (χ4n) is 2.61. The van der Waals surface area contributed by atoms with Gasteiger partial charge in [0.25, 0.3) is 0 Å². The lowest BCUT2D eigenvalue weighted by atomic mass is 10.1. The highest BCUT2D eigenvalue weighted by molar-refractivity contribution is 5.92. The molecule has 0 unspecified atom stereocenters. The van der Waals surface area contributed by atoms with Gasteiger partial charge in [-0.2, -0.15) is 0 Å². The lowest BCUT2D eigenvalue weighted by molar-refractivity contribution is 0.0695. The van der Waals surface area contributed by atoms with Gasteiger partial charge in [0.05, 0.1) is 0 Å². The number of carbonyl (C=O) groups excluding carboxylic acids is 1. The number of aromatic carboxylic acids is 1. The number of aromatic amines is 1. The molecule has 0 spiro atoms. The third-order valence-electron chi connectivity index (χ3n) is 4.02. The van der Waals surface area contributed by atoms with Crippen LogP contribution >= 0.6 is 0 Å². The maximum absolute atomic E-state index is 12.1. The number of nitrogens with one attached hydrogen (secondary N) is 2. The number of fused-ring (bicyclic) bond motifs is 1. The van der Waals surface area contributed by atoms with Crippen LogP contribution in [0.2, 0.25) is 0 Å². The minimum atomic E-state index is -1.27. The van der Waals surface area contributed by atoms with Gasteiger partial charge in [0.15, 0.2) is 0 Å². The van der Waals surface area contributed by atoms with Crippen LogP contribution in [0.5, 0.6) is 0 Å². The number of amides is 1. The molecule has 1 heterocycles. The van der Waals surface area contributed by atoms with E-state index in [-0.39, 0.29) is 18.7 Å². The average Bonchev–Trinajstić information content (AvgIpc) is 2.70. The molecule has 0 fully saturated rings. The molecule has 3 N–H and O–H groups in total. The molecule has 0 radical (unpaired) electrons. The smallest absolute Gasteiger partial charge is 0.407 e. The van der Waals surface area contributed by atoms with Crippen molar-refractivity contribution in [2.45, 2.75) is 6.61 Å². The summed E-state index contributed by atoms with van der Waals surface area (Å²) in [6, 6.07) is 14.4. The van der Waals surface area contributed by atoms with Crippen LogP contribution in [0.15, 0.2) is 65.6 Å². The Bertz CT molecular complexity index is 1090. The number of rotatable bonds is 6. The number of carbonyl (C=O) groups is 2. The van der Waals surface area contributed by atoms with Crippen LogP contribution in [-0.2, 0) is 11.3 Å². The van der Waals surface area contributed by atoms with Crippen molar-refractivity contribution in [3.05, 3.63) is 87.7 Å². The van der Waals surface area contributed by atoms with Crippen molar-refractivity contribution in [1.29, 1.82) is 0 Å². The maximum Gasteiger partial charge on any atom is 0.407 e. The molecule has 0 bridgehead atoms. The fraction of sp³-hybridized carbons (Fsp3) is 0.0952. The van der Waals surface area contributed by atoms with E-state index >= 15 is 0 Å². The van der Waals surface area contributed by atoms with Crippen LogP contribution in [0, 0.1) is 0 Å². The summed E-state index contributed by atoms with van der Waals surface area (Å²) in [6.45, 7) is 0.479. The monoisotopic (exact) mass is 378 g/mol. The largest absolute Gasteiger partial charge is 0.477 e. The van der Waals surface area contributed by atoms with E-state index in [0.29, 0.717) is 10.9 Å². The molecular weight excluding hydrogens is 360 g/mol. The molecule has 0 saturated carbocycles. The Morgan fingerprint density at radius 2 is 1.93 bits per heavy atom. The SMILES string of the molecule is O=C(NCC=Cc1ccc2c(=O)c(C(=O)O)c[nH]c2c1)OCc1ccccc1. The predicted molar refractivity (Wildman–Crippen MR) is 105 cm³/mol. The first-order valence-corrected chi connectivity index (χ1v) is 8.54. The number of hydrogen-bond donors (Lipinski definition) is 3. The van der Waals surface area contributed by atoms with Gasteiger partial charge >= 0.3 is 12.1 Å². The van der Waals surface area contributed by atoms with Crippen molar-refractivity contribution in [1.82, 2.24) is 10.3 Å². The van der Waals surface area contributed by atoms with Crippen LogP contribution in [-0.4, -0.2) is 28.7 Å². The van der Waals surface area contributed by atoms with E-state index in [2.05, 4.69) is 10.3 Å². The molecule has 3 aromatic rings. The van der Waals surface area contributed by atoms with E-state index in [1.165, 1.54) is 6.20 Å². The highest BCUT2D eigenvalue weighted by Crippen LogP contribution is 2.12. The van der Waals surface area contributed by atoms with Crippen molar-refractivity contribution < 1.29 is 19.4 Å². The van der Waals surface area contributed by atoms with Gasteiger partial charge < -0.3 is 20.1 Å². The van der Waals surface area contributed by atoms with Crippen LogP contribution in [0.3, 0.4) is 0 Å². The van der Waals surface area contributed by atoms with Crippen LogP contribution in [0.4, 0.5) is 4.79 Å². The number of carboxylic acid groups (broad SMARTS) is 1. The van der Waals surface area contributed by atoms with Crippen molar-refractivity contribution >= 4 is 29.0 Å². The highest BCUT2D eigenvalue weighted by atomic mass is 16.5. The lowest BCUT2D eigenvalue weighted by Gasteiger charge is -2.05. The zero-order valence-corrected chi connectivity index (χ0v) is 14.8. The molecule has 0 saturated heterocycles. The Balaban J connectivity index is 1.56. The zero-order chi connectivity index (χ0) is 19.9. The minimum Gasteiger partial charge on any atom is -0.477 e. The summed E-state index contributed by atoms with van der Waals surface area (Å²) in [5, 5.41) is 11.9. The molecule has 28 heavy (non-hydrogen) atoms. The van der Waals surface area contributed by atoms with Gasteiger partial charge in [-0.25, -0.2) is 9.59 Å². The number of H-pyrrole nitrogens is 1. The summed E-state index contributed by atoms with van der Waals surface area (Å²) in [5.74, 6) is -1.27. The van der Waals surface area contributed by atoms with Gasteiger partial charge in [-0.3, -0.25) is 4.79 Å². The second-order valence-corrected chi connectivity index (χ2v) is 5.99. The molecule has 0 aliphatic carbocycles. The second-order valence-electron chi connectivity index (χ2n) is 5.99. The van der Waals surface area contributed by atoms with Crippen LogP contribution in [0.1, 0.15) is 21.5 Å². The lowest BCUT2D eigenvalue weighted by Crippen LogP contribution is -2.24. The van der Waals surface area contributed by atoms with Gasteiger partial charge in [-0.1, -0.05) is 48.6 Å². The zero-order valence-electron chi connectivity index (χ0n) is 14.8. The number of pyridine rings is 1. The Morgan fingerprint density at radius 1 is 1.14 bits per heavy atom. The summed E-state index contributed by atoms with van der Waals surface area (Å²) in [7, 11) is 0. The topological polar surface area (TPSA) is 108 Å². The summed E-state index contributed by atoms with van der Waals surface area (Å²) in [6.07, 6.45) is 4.19. The van der Waals surface area contributed by atoms with Crippen molar-refractivity contribution in [3.8, 4) is 0 Å². The average molecular weight is 378 g/mol. The molecule has 1 amide bonds. The third-order valence-corrected chi connectivity index (χ3v) is 4.02. The minimum absolute atomic E-state index is 0.201. The van der Waals surface area contributed by atoms with E-state index in [4.69, 9.17) is 9.84 Å². The fourth-order valence-corrected chi connectivity index (χ4v) is 2.61. The maximum atomic E-state index is 12.1. The Hall–Kier alpha value is -3.87. The molecule has 7 nitrogen and oxygen atoms in total. The Kier molecular flexibility index (Phi) is 5.86. The number of ether oxygens (including phenoxy) is 1. The number of benzene rings is 2. The number of hydrogen-bond acceptors (Lipinski definition) is 4. The quantitative estimate of drug-likeness (QED) is 0.610. The predicted octanol–water partition coefficient (Wildman–Crippen LogP) is 3.17. The summed E-state index contributed by atoms with van der Waals surface area (Å²) >= 11 is 0. The molecule has 0 aliphatic rings. The van der Waals surface area contributed by atoms with E-state index in [9.17, 15) is 14.4 Å². The summed E-state index contributed by atoms with van der Waals surface area (Å²) in [4.78, 5) is 37.6. The second kappa shape index (κ2) is 8.68. The summed E-state index contributed by atoms with van der Waals surface area (Å²) < 4.78 is 5.11. The molecule has 7 heteroatoms. The number of alkyl carbamates (subject to hydrolysis) is 1. The molecule has 1 aromatic heterocycles. The first-order chi connectivity index (χ1) is 13.5. The van der Waals surface area contributed by atoms with Crippen molar-refractivity contribution in [2.24, 2.45) is 0 Å². The highest BCUT2D eigenvalue weighted by Gasteiger charge is 2.11. The van der Waals surface area contributed by atoms with E-state index in [0.717, 1.165) is 11.1 Å².